The topological polar surface area (TPSA) is 6.48 Å². The Balaban J connectivity index is 2.43. The monoisotopic (exact) mass is 276 g/mol. The largest absolute Gasteiger partial charge is 0.306 e. The van der Waals surface area contributed by atoms with Gasteiger partial charge in [0.05, 0.1) is 0 Å². The van der Waals surface area contributed by atoms with Crippen molar-refractivity contribution < 1.29 is 0 Å². The first-order chi connectivity index (χ1) is 9.32. The second kappa shape index (κ2) is 7.80. The van der Waals surface area contributed by atoms with Gasteiger partial charge >= 0.3 is 0 Å². The van der Waals surface area contributed by atoms with Gasteiger partial charge in [0.25, 0.3) is 0 Å². The van der Waals surface area contributed by atoms with Gasteiger partial charge < -0.3 is 9.80 Å². The highest BCUT2D eigenvalue weighted by Gasteiger charge is 2.15. The summed E-state index contributed by atoms with van der Waals surface area (Å²) in [6, 6.07) is 9.15. The molecular weight excluding hydrogens is 244 g/mol. The Morgan fingerprint density at radius 3 is 1.70 bits per heavy atom. The molecule has 0 saturated heterocycles. The predicted molar refractivity (Wildman–Crippen MR) is 89.4 cm³/mol. The summed E-state index contributed by atoms with van der Waals surface area (Å²) in [6.45, 7) is 12.4. The molecule has 2 heteroatoms. The molecule has 0 aliphatic heterocycles. The Morgan fingerprint density at radius 2 is 1.30 bits per heavy atom. The van der Waals surface area contributed by atoms with Crippen LogP contribution in [0.3, 0.4) is 0 Å². The molecule has 0 saturated carbocycles. The lowest BCUT2D eigenvalue weighted by atomic mass is 10.0. The van der Waals surface area contributed by atoms with E-state index in [0.717, 1.165) is 32.5 Å². The summed E-state index contributed by atoms with van der Waals surface area (Å²) in [7, 11) is 4.38. The Morgan fingerprint density at radius 1 is 0.850 bits per heavy atom. The van der Waals surface area contributed by atoms with E-state index >= 15 is 0 Å². The molecule has 0 aliphatic carbocycles. The van der Waals surface area contributed by atoms with Gasteiger partial charge in [-0.25, -0.2) is 0 Å². The lowest BCUT2D eigenvalue weighted by molar-refractivity contribution is 0.178. The normalized spacial score (nSPS) is 12.4. The number of hydrogen-bond donors (Lipinski definition) is 0. The minimum Gasteiger partial charge on any atom is -0.306 e. The van der Waals surface area contributed by atoms with Crippen LogP contribution in [0.1, 0.15) is 38.8 Å². The molecule has 0 unspecified atom stereocenters. The minimum absolute atomic E-state index is 0.255. The molecule has 0 spiro atoms. The summed E-state index contributed by atoms with van der Waals surface area (Å²) in [4.78, 5) is 4.77. The maximum atomic E-state index is 2.41. The third kappa shape index (κ3) is 6.06. The first-order valence-electron chi connectivity index (χ1n) is 7.80. The van der Waals surface area contributed by atoms with E-state index in [1.165, 1.54) is 11.1 Å². The van der Waals surface area contributed by atoms with Crippen molar-refractivity contribution in [2.24, 2.45) is 0 Å². The molecule has 0 bridgehead atoms. The molecule has 1 aromatic rings. The molecule has 0 fully saturated rings. The van der Waals surface area contributed by atoms with Crippen LogP contribution in [0.15, 0.2) is 24.3 Å². The third-order valence-corrected chi connectivity index (χ3v) is 4.23. The van der Waals surface area contributed by atoms with E-state index < -0.39 is 0 Å². The van der Waals surface area contributed by atoms with Crippen LogP contribution in [-0.2, 0) is 12.8 Å². The number of benzene rings is 1. The van der Waals surface area contributed by atoms with Gasteiger partial charge in [-0.1, -0.05) is 31.2 Å². The highest BCUT2D eigenvalue weighted by Crippen LogP contribution is 2.12. The molecule has 1 rings (SSSR count). The number of likely N-dealkylation sites (N-methyl/N-ethyl adjacent to an activating group) is 2. The van der Waals surface area contributed by atoms with E-state index in [0.29, 0.717) is 0 Å². The van der Waals surface area contributed by atoms with E-state index in [2.05, 4.69) is 75.9 Å². The zero-order valence-corrected chi connectivity index (χ0v) is 14.2. The predicted octanol–water partition coefficient (Wildman–Crippen LogP) is 3.45. The van der Waals surface area contributed by atoms with Crippen LogP contribution in [0.4, 0.5) is 0 Å². The molecule has 0 amide bonds. The number of rotatable bonds is 7. The maximum absolute atomic E-state index is 2.41. The van der Waals surface area contributed by atoms with Crippen LogP contribution >= 0.6 is 0 Å². The van der Waals surface area contributed by atoms with Crippen LogP contribution < -0.4 is 0 Å². The summed E-state index contributed by atoms with van der Waals surface area (Å²) in [5.41, 5.74) is 3.14. The second-order valence-electron chi connectivity index (χ2n) is 6.80. The summed E-state index contributed by atoms with van der Waals surface area (Å²) < 4.78 is 0. The summed E-state index contributed by atoms with van der Waals surface area (Å²) in [5, 5.41) is 0. The van der Waals surface area contributed by atoms with Crippen molar-refractivity contribution >= 4 is 0 Å². The molecule has 2 nitrogen and oxygen atoms in total. The first kappa shape index (κ1) is 17.2. The van der Waals surface area contributed by atoms with Crippen molar-refractivity contribution in [1.29, 1.82) is 0 Å². The van der Waals surface area contributed by atoms with Gasteiger partial charge in [-0.2, -0.15) is 0 Å². The van der Waals surface area contributed by atoms with Crippen LogP contribution in [0.2, 0.25) is 0 Å². The zero-order valence-electron chi connectivity index (χ0n) is 14.2. The van der Waals surface area contributed by atoms with Gasteiger partial charge in [-0.3, -0.25) is 0 Å². The average Bonchev–Trinajstić information content (AvgIpc) is 2.42. The van der Waals surface area contributed by atoms with Crippen LogP contribution in [0.5, 0.6) is 0 Å². The Kier molecular flexibility index (Phi) is 6.70. The highest BCUT2D eigenvalue weighted by molar-refractivity contribution is 5.23. The van der Waals surface area contributed by atoms with E-state index in [9.17, 15) is 0 Å². The smallest absolute Gasteiger partial charge is 0.0122 e. The van der Waals surface area contributed by atoms with Crippen molar-refractivity contribution in [2.45, 2.75) is 46.1 Å². The van der Waals surface area contributed by atoms with Gasteiger partial charge in [0.15, 0.2) is 0 Å². The molecule has 0 radical (unpaired) electrons. The quantitative estimate of drug-likeness (QED) is 0.752. The zero-order chi connectivity index (χ0) is 15.2. The average molecular weight is 276 g/mol. The van der Waals surface area contributed by atoms with Crippen LogP contribution in [0, 0.1) is 0 Å². The van der Waals surface area contributed by atoms with Gasteiger partial charge in [-0.15, -0.1) is 0 Å². The minimum atomic E-state index is 0.255. The van der Waals surface area contributed by atoms with Crippen molar-refractivity contribution in [2.75, 3.05) is 33.7 Å². The fourth-order valence-corrected chi connectivity index (χ4v) is 1.98. The fourth-order valence-electron chi connectivity index (χ4n) is 1.98. The molecular formula is C18H32N2. The van der Waals surface area contributed by atoms with E-state index in [-0.39, 0.29) is 5.54 Å². The Hall–Kier alpha value is -0.860. The maximum Gasteiger partial charge on any atom is 0.0122 e. The Labute approximate surface area is 125 Å². The number of nitrogens with zero attached hydrogens (tertiary/aromatic N) is 2. The Bertz CT molecular complexity index is 375. The van der Waals surface area contributed by atoms with Crippen molar-refractivity contribution in [3.05, 3.63) is 35.4 Å². The molecule has 0 aliphatic rings. The van der Waals surface area contributed by atoms with Crippen molar-refractivity contribution in [3.8, 4) is 0 Å². The van der Waals surface area contributed by atoms with Crippen molar-refractivity contribution in [3.63, 3.8) is 0 Å². The van der Waals surface area contributed by atoms with E-state index in [4.69, 9.17) is 0 Å². The fraction of sp³-hybridized carbons (Fsp3) is 0.667. The molecule has 114 valence electrons. The molecule has 0 aromatic heterocycles. The second-order valence-corrected chi connectivity index (χ2v) is 6.80. The van der Waals surface area contributed by atoms with Gasteiger partial charge in [0, 0.05) is 18.6 Å². The molecule has 20 heavy (non-hydrogen) atoms. The standard InChI is InChI=1S/C18H32N2/c1-7-19(5)14-12-16-8-10-17(11-9-16)13-15-20(6)18(2,3)4/h8-11H,7,12-15H2,1-6H3. The lowest BCUT2D eigenvalue weighted by Gasteiger charge is -2.31. The highest BCUT2D eigenvalue weighted by atomic mass is 15.1. The van der Waals surface area contributed by atoms with Crippen LogP contribution in [-0.4, -0.2) is 49.1 Å². The molecule has 1 aromatic carbocycles. The third-order valence-electron chi connectivity index (χ3n) is 4.23. The van der Waals surface area contributed by atoms with E-state index in [1.54, 1.807) is 0 Å². The number of hydrogen-bond acceptors (Lipinski definition) is 2. The summed E-state index contributed by atoms with van der Waals surface area (Å²) >= 11 is 0. The van der Waals surface area contributed by atoms with Crippen molar-refractivity contribution in [1.82, 2.24) is 9.80 Å². The molecule has 0 heterocycles. The summed E-state index contributed by atoms with van der Waals surface area (Å²) in [6.07, 6.45) is 2.27. The lowest BCUT2D eigenvalue weighted by Crippen LogP contribution is -2.39. The van der Waals surface area contributed by atoms with Crippen LogP contribution in [0.25, 0.3) is 0 Å². The van der Waals surface area contributed by atoms with Gasteiger partial charge in [0.2, 0.25) is 0 Å². The molecule has 0 atom stereocenters. The van der Waals surface area contributed by atoms with Gasteiger partial charge in [0.1, 0.15) is 0 Å². The molecule has 0 N–H and O–H groups in total. The summed E-state index contributed by atoms with van der Waals surface area (Å²) in [5.74, 6) is 0. The van der Waals surface area contributed by atoms with E-state index in [1.807, 2.05) is 0 Å². The SMILES string of the molecule is CCN(C)CCc1ccc(CCN(C)C(C)(C)C)cc1. The van der Waals surface area contributed by atoms with Gasteiger partial charge in [-0.05, 0) is 65.4 Å². The first-order valence-corrected chi connectivity index (χ1v) is 7.80.